The van der Waals surface area contributed by atoms with Gasteiger partial charge in [-0.3, -0.25) is 4.79 Å². The molecule has 0 atom stereocenters. The van der Waals surface area contributed by atoms with Crippen molar-refractivity contribution in [3.05, 3.63) is 57.9 Å². The molecule has 2 rings (SSSR count). The van der Waals surface area contributed by atoms with Crippen molar-refractivity contribution in [2.75, 3.05) is 5.32 Å². The molecular formula is C14H14N2O2S. The normalized spacial score (nSPS) is 10.2. The van der Waals surface area contributed by atoms with Gasteiger partial charge in [0.2, 0.25) is 0 Å². The summed E-state index contributed by atoms with van der Waals surface area (Å²) < 4.78 is 0.843. The Bertz CT molecular complexity index is 672. The summed E-state index contributed by atoms with van der Waals surface area (Å²) in [6.45, 7) is 3.93. The van der Waals surface area contributed by atoms with Crippen molar-refractivity contribution in [3.63, 3.8) is 0 Å². The Balaban J connectivity index is 2.31. The first kappa shape index (κ1) is 13.3. The Morgan fingerprint density at radius 2 is 1.89 bits per heavy atom. The fourth-order valence-corrected chi connectivity index (χ4v) is 2.12. The van der Waals surface area contributed by atoms with E-state index in [0.717, 1.165) is 15.9 Å². The summed E-state index contributed by atoms with van der Waals surface area (Å²) in [5, 5.41) is 12.2. The smallest absolute Gasteiger partial charge is 0.258 e. The molecule has 2 aromatic rings. The van der Waals surface area contributed by atoms with Crippen molar-refractivity contribution >= 4 is 23.8 Å². The molecule has 0 fully saturated rings. The molecule has 0 saturated carbocycles. The predicted molar refractivity (Wildman–Crippen MR) is 76.3 cm³/mol. The summed E-state index contributed by atoms with van der Waals surface area (Å²) in [4.78, 5) is 12.1. The summed E-state index contributed by atoms with van der Waals surface area (Å²) >= 11 is 4.99. The molecule has 0 aliphatic carbocycles. The lowest BCUT2D eigenvalue weighted by atomic mass is 10.1. The Morgan fingerprint density at radius 1 is 1.26 bits per heavy atom. The van der Waals surface area contributed by atoms with Crippen molar-refractivity contribution < 1.29 is 10.0 Å². The minimum atomic E-state index is -0.335. The van der Waals surface area contributed by atoms with E-state index in [9.17, 15) is 10.0 Å². The molecule has 0 spiro atoms. The number of nitrogens with one attached hydrogen (secondary N) is 1. The van der Waals surface area contributed by atoms with Crippen LogP contribution >= 0.6 is 12.2 Å². The topological polar surface area (TPSA) is 54.3 Å². The minimum absolute atomic E-state index is 0.0874. The van der Waals surface area contributed by atoms with E-state index in [2.05, 4.69) is 5.32 Å². The molecule has 0 saturated heterocycles. The van der Waals surface area contributed by atoms with E-state index in [4.69, 9.17) is 12.2 Å². The fourth-order valence-electron chi connectivity index (χ4n) is 1.90. The number of benzene rings is 1. The molecule has 4 nitrogen and oxygen atoms in total. The van der Waals surface area contributed by atoms with E-state index >= 15 is 0 Å². The molecule has 19 heavy (non-hydrogen) atoms. The van der Waals surface area contributed by atoms with E-state index in [1.165, 1.54) is 6.20 Å². The van der Waals surface area contributed by atoms with Crippen LogP contribution < -0.4 is 5.32 Å². The molecule has 1 amide bonds. The van der Waals surface area contributed by atoms with Crippen LogP contribution in [-0.4, -0.2) is 15.8 Å². The second kappa shape index (κ2) is 5.24. The fraction of sp³-hybridized carbons (Fsp3) is 0.143. The van der Waals surface area contributed by atoms with Gasteiger partial charge < -0.3 is 10.5 Å². The second-order valence-corrected chi connectivity index (χ2v) is 4.79. The van der Waals surface area contributed by atoms with Gasteiger partial charge in [0.1, 0.15) is 0 Å². The first-order valence-corrected chi connectivity index (χ1v) is 6.19. The highest BCUT2D eigenvalue weighted by Crippen LogP contribution is 2.15. The number of carbonyl (C=O) groups is 1. The first-order valence-electron chi connectivity index (χ1n) is 5.78. The number of amides is 1. The third-order valence-corrected chi connectivity index (χ3v) is 3.06. The molecule has 2 N–H and O–H groups in total. The quantitative estimate of drug-likeness (QED) is 0.652. The van der Waals surface area contributed by atoms with Crippen LogP contribution in [0.4, 0.5) is 5.69 Å². The molecule has 98 valence electrons. The summed E-state index contributed by atoms with van der Waals surface area (Å²) in [5.41, 5.74) is 3.11. The monoisotopic (exact) mass is 274 g/mol. The van der Waals surface area contributed by atoms with Crippen molar-refractivity contribution in [1.82, 2.24) is 4.73 Å². The van der Waals surface area contributed by atoms with Gasteiger partial charge in [-0.1, -0.05) is 18.3 Å². The molecule has 1 aromatic carbocycles. The number of carbonyl (C=O) groups excluding carboxylic acids is 1. The molecule has 0 bridgehead atoms. The van der Waals surface area contributed by atoms with Gasteiger partial charge in [0, 0.05) is 11.9 Å². The largest absolute Gasteiger partial charge is 0.428 e. The zero-order valence-corrected chi connectivity index (χ0v) is 11.5. The van der Waals surface area contributed by atoms with Gasteiger partial charge in [0.15, 0.2) is 4.64 Å². The maximum atomic E-state index is 12.1. The van der Waals surface area contributed by atoms with Crippen LogP contribution in [0.5, 0.6) is 0 Å². The molecule has 0 aliphatic heterocycles. The van der Waals surface area contributed by atoms with Gasteiger partial charge in [0.25, 0.3) is 5.91 Å². The third-order valence-electron chi connectivity index (χ3n) is 2.65. The maximum absolute atomic E-state index is 12.1. The van der Waals surface area contributed by atoms with Crippen LogP contribution in [0.3, 0.4) is 0 Å². The van der Waals surface area contributed by atoms with Crippen molar-refractivity contribution in [2.24, 2.45) is 0 Å². The number of aromatic nitrogens is 1. The predicted octanol–water partition coefficient (Wildman–Crippen LogP) is 3.32. The first-order chi connectivity index (χ1) is 8.97. The lowest BCUT2D eigenvalue weighted by Crippen LogP contribution is -2.14. The lowest BCUT2D eigenvalue weighted by Gasteiger charge is -2.08. The maximum Gasteiger partial charge on any atom is 0.258 e. The Hall–Kier alpha value is -2.14. The number of hydrogen-bond acceptors (Lipinski definition) is 3. The number of anilines is 1. The molecule has 0 unspecified atom stereocenters. The molecule has 1 aromatic heterocycles. The Labute approximate surface area is 116 Å². The average Bonchev–Trinajstić information content (AvgIpc) is 2.31. The standard InChI is InChI=1S/C14H14N2O2S/c1-9-6-10(2)8-11(7-9)15-13(17)12-4-3-5-16(18)14(12)19/h3-8,18H,1-2H3,(H,15,17). The highest BCUT2D eigenvalue weighted by atomic mass is 32.1. The average molecular weight is 274 g/mol. The van der Waals surface area contributed by atoms with Crippen molar-refractivity contribution in [1.29, 1.82) is 0 Å². The Kier molecular flexibility index (Phi) is 3.66. The van der Waals surface area contributed by atoms with Gasteiger partial charge in [0.05, 0.1) is 5.56 Å². The SMILES string of the molecule is Cc1cc(C)cc(NC(=O)c2cccn(O)c2=S)c1. The van der Waals surface area contributed by atoms with Crippen LogP contribution in [0.25, 0.3) is 0 Å². The number of aryl methyl sites for hydroxylation is 2. The summed E-state index contributed by atoms with van der Waals surface area (Å²) in [6.07, 6.45) is 1.38. The van der Waals surface area contributed by atoms with Gasteiger partial charge in [-0.2, -0.15) is 4.73 Å². The van der Waals surface area contributed by atoms with Gasteiger partial charge in [-0.25, -0.2) is 0 Å². The summed E-state index contributed by atoms with van der Waals surface area (Å²) in [7, 11) is 0. The van der Waals surface area contributed by atoms with E-state index in [1.807, 2.05) is 32.0 Å². The van der Waals surface area contributed by atoms with Crippen LogP contribution in [0.2, 0.25) is 0 Å². The minimum Gasteiger partial charge on any atom is -0.428 e. The highest BCUT2D eigenvalue weighted by Gasteiger charge is 2.10. The van der Waals surface area contributed by atoms with Gasteiger partial charge >= 0.3 is 0 Å². The summed E-state index contributed by atoms with van der Waals surface area (Å²) in [6, 6.07) is 8.92. The number of pyridine rings is 1. The van der Waals surface area contributed by atoms with Crippen molar-refractivity contribution in [3.8, 4) is 0 Å². The number of nitrogens with zero attached hydrogens (tertiary/aromatic N) is 1. The van der Waals surface area contributed by atoms with Gasteiger partial charge in [-0.15, -0.1) is 0 Å². The van der Waals surface area contributed by atoms with E-state index in [0.29, 0.717) is 5.69 Å². The lowest BCUT2D eigenvalue weighted by molar-refractivity contribution is 0.102. The van der Waals surface area contributed by atoms with E-state index in [-0.39, 0.29) is 16.1 Å². The second-order valence-electron chi connectivity index (χ2n) is 4.40. The molecule has 0 aliphatic rings. The van der Waals surface area contributed by atoms with Crippen LogP contribution in [0.1, 0.15) is 21.5 Å². The number of hydrogen-bond donors (Lipinski definition) is 2. The molecule has 1 heterocycles. The molecule has 0 radical (unpaired) electrons. The van der Waals surface area contributed by atoms with E-state index in [1.54, 1.807) is 12.1 Å². The molecular weight excluding hydrogens is 260 g/mol. The van der Waals surface area contributed by atoms with Crippen molar-refractivity contribution in [2.45, 2.75) is 13.8 Å². The Morgan fingerprint density at radius 3 is 2.53 bits per heavy atom. The van der Waals surface area contributed by atoms with E-state index < -0.39 is 0 Å². The van der Waals surface area contributed by atoms with Crippen LogP contribution in [-0.2, 0) is 0 Å². The highest BCUT2D eigenvalue weighted by molar-refractivity contribution is 7.71. The zero-order chi connectivity index (χ0) is 14.0. The number of rotatable bonds is 2. The third kappa shape index (κ3) is 3.00. The van der Waals surface area contributed by atoms with Crippen LogP contribution in [0.15, 0.2) is 36.5 Å². The van der Waals surface area contributed by atoms with Gasteiger partial charge in [-0.05, 0) is 49.2 Å². The summed E-state index contributed by atoms with van der Waals surface area (Å²) in [5.74, 6) is -0.335. The zero-order valence-electron chi connectivity index (χ0n) is 10.7. The molecule has 5 heteroatoms. The van der Waals surface area contributed by atoms with Crippen LogP contribution in [0, 0.1) is 18.5 Å².